The molecule has 0 aliphatic carbocycles. The van der Waals surface area contributed by atoms with E-state index in [9.17, 15) is 19.1 Å². The van der Waals surface area contributed by atoms with Crippen molar-refractivity contribution in [3.63, 3.8) is 0 Å². The number of hydrogen-bond donors (Lipinski definition) is 1. The predicted molar refractivity (Wildman–Crippen MR) is 82.8 cm³/mol. The molecule has 1 fully saturated rings. The highest BCUT2D eigenvalue weighted by atomic mass is 19.1. The summed E-state index contributed by atoms with van der Waals surface area (Å²) in [6.07, 6.45) is -0.543. The molecule has 1 aromatic carbocycles. The highest BCUT2D eigenvalue weighted by molar-refractivity contribution is 5.76. The third kappa shape index (κ3) is 4.00. The Balaban J connectivity index is 2.23. The summed E-state index contributed by atoms with van der Waals surface area (Å²) in [5, 5.41) is 9.43. The first-order valence-corrected chi connectivity index (χ1v) is 7.55. The van der Waals surface area contributed by atoms with E-state index in [1.807, 2.05) is 0 Å². The van der Waals surface area contributed by atoms with Crippen LogP contribution in [0.5, 0.6) is 0 Å². The van der Waals surface area contributed by atoms with Crippen LogP contribution in [0.2, 0.25) is 0 Å². The number of carboxylic acids is 1. The summed E-state index contributed by atoms with van der Waals surface area (Å²) in [5.74, 6) is -2.59. The number of carbonyl (C=O) groups excluding carboxylic acids is 1. The van der Waals surface area contributed by atoms with Crippen LogP contribution < -0.4 is 0 Å². The van der Waals surface area contributed by atoms with Gasteiger partial charge >= 0.3 is 12.1 Å². The zero-order valence-electron chi connectivity index (χ0n) is 13.8. The Morgan fingerprint density at radius 2 is 1.96 bits per heavy atom. The van der Waals surface area contributed by atoms with Crippen LogP contribution in [0.3, 0.4) is 0 Å². The number of rotatable bonds is 2. The number of aryl methyl sites for hydroxylation is 1. The molecule has 1 N–H and O–H groups in total. The molecule has 2 atom stereocenters. The molecule has 1 aromatic rings. The van der Waals surface area contributed by atoms with Gasteiger partial charge in [-0.05, 0) is 44.9 Å². The summed E-state index contributed by atoms with van der Waals surface area (Å²) in [4.78, 5) is 25.1. The van der Waals surface area contributed by atoms with Gasteiger partial charge in [-0.3, -0.25) is 4.79 Å². The first-order chi connectivity index (χ1) is 10.6. The maximum absolute atomic E-state index is 13.8. The Kier molecular flexibility index (Phi) is 4.63. The Morgan fingerprint density at radius 3 is 2.48 bits per heavy atom. The molecule has 0 aromatic heterocycles. The molecule has 2 rings (SSSR count). The van der Waals surface area contributed by atoms with Crippen LogP contribution in [-0.2, 0) is 9.53 Å². The molecule has 0 radical (unpaired) electrons. The summed E-state index contributed by atoms with van der Waals surface area (Å²) >= 11 is 0. The van der Waals surface area contributed by atoms with E-state index in [0.717, 1.165) is 0 Å². The maximum Gasteiger partial charge on any atom is 0.410 e. The monoisotopic (exact) mass is 323 g/mol. The second-order valence-corrected chi connectivity index (χ2v) is 6.95. The SMILES string of the molecule is Cc1ccc(C2CN(C(=O)OC(C)(C)C)CC2C(=O)O)cc1F. The molecule has 0 spiro atoms. The number of ether oxygens (including phenoxy) is 1. The molecule has 1 aliphatic rings. The molecule has 126 valence electrons. The average molecular weight is 323 g/mol. The Hall–Kier alpha value is -2.11. The van der Waals surface area contributed by atoms with Gasteiger partial charge in [-0.25, -0.2) is 9.18 Å². The van der Waals surface area contributed by atoms with Gasteiger partial charge in [-0.2, -0.15) is 0 Å². The molecular weight excluding hydrogens is 301 g/mol. The van der Waals surface area contributed by atoms with Crippen LogP contribution >= 0.6 is 0 Å². The fourth-order valence-electron chi connectivity index (χ4n) is 2.71. The lowest BCUT2D eigenvalue weighted by molar-refractivity contribution is -0.141. The summed E-state index contributed by atoms with van der Waals surface area (Å²) in [6, 6.07) is 4.70. The van der Waals surface area contributed by atoms with E-state index in [1.165, 1.54) is 11.0 Å². The van der Waals surface area contributed by atoms with Gasteiger partial charge in [0, 0.05) is 19.0 Å². The number of carbonyl (C=O) groups is 2. The molecule has 1 amide bonds. The van der Waals surface area contributed by atoms with Gasteiger partial charge in [0.1, 0.15) is 11.4 Å². The minimum atomic E-state index is -0.998. The second-order valence-electron chi connectivity index (χ2n) is 6.95. The molecule has 0 saturated carbocycles. The van der Waals surface area contributed by atoms with E-state index in [-0.39, 0.29) is 18.9 Å². The van der Waals surface area contributed by atoms with Crippen LogP contribution in [0.1, 0.15) is 37.8 Å². The summed E-state index contributed by atoms with van der Waals surface area (Å²) < 4.78 is 19.1. The van der Waals surface area contributed by atoms with E-state index in [0.29, 0.717) is 11.1 Å². The first-order valence-electron chi connectivity index (χ1n) is 7.55. The number of carboxylic acid groups (broad SMARTS) is 1. The fourth-order valence-corrected chi connectivity index (χ4v) is 2.71. The molecule has 1 heterocycles. The zero-order chi connectivity index (χ0) is 17.4. The van der Waals surface area contributed by atoms with Crippen molar-refractivity contribution in [2.75, 3.05) is 13.1 Å². The zero-order valence-corrected chi connectivity index (χ0v) is 13.8. The lowest BCUT2D eigenvalue weighted by atomic mass is 9.88. The number of benzene rings is 1. The van der Waals surface area contributed by atoms with E-state index >= 15 is 0 Å². The Morgan fingerprint density at radius 1 is 1.30 bits per heavy atom. The number of hydrogen-bond acceptors (Lipinski definition) is 3. The van der Waals surface area contributed by atoms with Gasteiger partial charge in [0.05, 0.1) is 5.92 Å². The van der Waals surface area contributed by atoms with Crippen LogP contribution in [0.15, 0.2) is 18.2 Å². The molecule has 0 bridgehead atoms. The highest BCUT2D eigenvalue weighted by Gasteiger charge is 2.41. The second kappa shape index (κ2) is 6.18. The van der Waals surface area contributed by atoms with Crippen LogP contribution in [-0.4, -0.2) is 40.8 Å². The largest absolute Gasteiger partial charge is 0.481 e. The van der Waals surface area contributed by atoms with E-state index in [1.54, 1.807) is 39.8 Å². The predicted octanol–water partition coefficient (Wildman–Crippen LogP) is 3.17. The van der Waals surface area contributed by atoms with E-state index < -0.39 is 29.5 Å². The van der Waals surface area contributed by atoms with Crippen LogP contribution in [0.4, 0.5) is 9.18 Å². The number of nitrogens with zero attached hydrogens (tertiary/aromatic N) is 1. The van der Waals surface area contributed by atoms with Crippen LogP contribution in [0, 0.1) is 18.7 Å². The molecule has 2 unspecified atom stereocenters. The average Bonchev–Trinajstić information content (AvgIpc) is 2.85. The van der Waals surface area contributed by atoms with E-state index in [4.69, 9.17) is 4.74 Å². The topological polar surface area (TPSA) is 66.8 Å². The lowest BCUT2D eigenvalue weighted by Crippen LogP contribution is -2.35. The number of likely N-dealkylation sites (tertiary alicyclic amines) is 1. The van der Waals surface area contributed by atoms with Crippen molar-refractivity contribution in [3.05, 3.63) is 35.1 Å². The van der Waals surface area contributed by atoms with Gasteiger partial charge < -0.3 is 14.7 Å². The quantitative estimate of drug-likeness (QED) is 0.908. The minimum absolute atomic E-state index is 0.0599. The molecule has 1 saturated heterocycles. The normalized spacial score (nSPS) is 21.3. The highest BCUT2D eigenvalue weighted by Crippen LogP contribution is 2.34. The van der Waals surface area contributed by atoms with Gasteiger partial charge in [-0.1, -0.05) is 12.1 Å². The van der Waals surface area contributed by atoms with Crippen molar-refractivity contribution >= 4 is 12.1 Å². The van der Waals surface area contributed by atoms with Gasteiger partial charge in [-0.15, -0.1) is 0 Å². The van der Waals surface area contributed by atoms with E-state index in [2.05, 4.69) is 0 Å². The van der Waals surface area contributed by atoms with Crippen LogP contribution in [0.25, 0.3) is 0 Å². The molecule has 23 heavy (non-hydrogen) atoms. The van der Waals surface area contributed by atoms with Crippen molar-refractivity contribution < 1.29 is 23.8 Å². The van der Waals surface area contributed by atoms with Crippen molar-refractivity contribution in [3.8, 4) is 0 Å². The minimum Gasteiger partial charge on any atom is -0.481 e. The fraction of sp³-hybridized carbons (Fsp3) is 0.529. The number of halogens is 1. The lowest BCUT2D eigenvalue weighted by Gasteiger charge is -2.24. The summed E-state index contributed by atoms with van der Waals surface area (Å²) in [6.45, 7) is 7.17. The third-order valence-electron chi connectivity index (χ3n) is 3.91. The summed E-state index contributed by atoms with van der Waals surface area (Å²) in [7, 11) is 0. The number of amides is 1. The van der Waals surface area contributed by atoms with Crippen molar-refractivity contribution in [1.29, 1.82) is 0 Å². The van der Waals surface area contributed by atoms with Gasteiger partial charge in [0.25, 0.3) is 0 Å². The molecule has 1 aliphatic heterocycles. The smallest absolute Gasteiger partial charge is 0.410 e. The first kappa shape index (κ1) is 17.2. The molecule has 6 heteroatoms. The van der Waals surface area contributed by atoms with Crippen molar-refractivity contribution in [2.24, 2.45) is 5.92 Å². The van der Waals surface area contributed by atoms with Crippen molar-refractivity contribution in [2.45, 2.75) is 39.2 Å². The third-order valence-corrected chi connectivity index (χ3v) is 3.91. The van der Waals surface area contributed by atoms with Gasteiger partial charge in [0.15, 0.2) is 0 Å². The van der Waals surface area contributed by atoms with Crippen molar-refractivity contribution in [1.82, 2.24) is 4.90 Å². The summed E-state index contributed by atoms with van der Waals surface area (Å²) in [5.41, 5.74) is 0.443. The maximum atomic E-state index is 13.8. The van der Waals surface area contributed by atoms with Gasteiger partial charge in [0.2, 0.25) is 0 Å². The molecular formula is C17H22FNO4. The standard InChI is InChI=1S/C17H22FNO4/c1-10-5-6-11(7-14(10)18)12-8-19(9-13(12)15(20)21)16(22)23-17(2,3)4/h5-7,12-13H,8-9H2,1-4H3,(H,20,21). The molecule has 5 nitrogen and oxygen atoms in total. The Bertz CT molecular complexity index is 624. The Labute approximate surface area is 135 Å². The number of aliphatic carboxylic acids is 1.